The van der Waals surface area contributed by atoms with Gasteiger partial charge in [0, 0.05) is 0 Å². The van der Waals surface area contributed by atoms with E-state index in [1.807, 2.05) is 30.3 Å². The summed E-state index contributed by atoms with van der Waals surface area (Å²) in [7, 11) is 0. The Kier molecular flexibility index (Phi) is 7.03. The summed E-state index contributed by atoms with van der Waals surface area (Å²) in [6.45, 7) is 0.0571. The Bertz CT molecular complexity index is 824. The van der Waals surface area contributed by atoms with Crippen LogP contribution in [-0.2, 0) is 27.6 Å². The first-order valence-electron chi connectivity index (χ1n) is 7.43. The van der Waals surface area contributed by atoms with Crippen molar-refractivity contribution in [2.45, 2.75) is 13.2 Å². The Morgan fingerprint density at radius 2 is 1.69 bits per heavy atom. The van der Waals surface area contributed by atoms with Crippen LogP contribution in [0.25, 0.3) is 0 Å². The SMILES string of the molecule is O=C(O)/C(O)=C/C(=O)N(Cc1ccc(Cl)c(Cl)c1)OCc1ccccc1. The lowest BCUT2D eigenvalue weighted by atomic mass is 10.2. The molecule has 0 unspecified atom stereocenters. The zero-order chi connectivity index (χ0) is 19.1. The van der Waals surface area contributed by atoms with Gasteiger partial charge in [-0.1, -0.05) is 59.6 Å². The maximum atomic E-state index is 12.3. The molecule has 0 saturated carbocycles. The van der Waals surface area contributed by atoms with Crippen LogP contribution >= 0.6 is 23.2 Å². The number of hydrogen-bond acceptors (Lipinski definition) is 4. The molecule has 2 rings (SSSR count). The molecule has 0 atom stereocenters. The van der Waals surface area contributed by atoms with Gasteiger partial charge in [0.25, 0.3) is 5.91 Å². The average Bonchev–Trinajstić information content (AvgIpc) is 2.62. The van der Waals surface area contributed by atoms with Gasteiger partial charge in [-0.2, -0.15) is 0 Å². The number of carbonyl (C=O) groups is 2. The minimum atomic E-state index is -1.61. The van der Waals surface area contributed by atoms with Gasteiger partial charge in [-0.05, 0) is 23.3 Å². The van der Waals surface area contributed by atoms with Gasteiger partial charge < -0.3 is 10.2 Å². The summed E-state index contributed by atoms with van der Waals surface area (Å²) in [5.41, 5.74) is 1.43. The first kappa shape index (κ1) is 19.8. The van der Waals surface area contributed by atoms with Crippen LogP contribution in [0, 0.1) is 0 Å². The molecular formula is C18H15Cl2NO5. The molecule has 136 valence electrons. The summed E-state index contributed by atoms with van der Waals surface area (Å²) in [6, 6.07) is 13.9. The lowest BCUT2D eigenvalue weighted by Gasteiger charge is -2.21. The number of carbonyl (C=O) groups excluding carboxylic acids is 1. The number of carboxylic acids is 1. The quantitative estimate of drug-likeness (QED) is 0.420. The third kappa shape index (κ3) is 5.77. The number of hydroxylamine groups is 2. The Labute approximate surface area is 159 Å². The number of benzene rings is 2. The van der Waals surface area contributed by atoms with Crippen molar-refractivity contribution in [1.29, 1.82) is 0 Å². The Balaban J connectivity index is 2.19. The zero-order valence-electron chi connectivity index (χ0n) is 13.4. The van der Waals surface area contributed by atoms with Crippen molar-refractivity contribution >= 4 is 35.1 Å². The molecule has 0 aliphatic heterocycles. The van der Waals surface area contributed by atoms with Gasteiger partial charge in [0.05, 0.1) is 22.7 Å². The van der Waals surface area contributed by atoms with Crippen LogP contribution in [0.3, 0.4) is 0 Å². The second-order valence-electron chi connectivity index (χ2n) is 5.22. The number of aliphatic hydroxyl groups is 1. The molecule has 2 N–H and O–H groups in total. The van der Waals surface area contributed by atoms with E-state index in [9.17, 15) is 14.7 Å². The summed E-state index contributed by atoms with van der Waals surface area (Å²) in [6.07, 6.45) is 0.574. The van der Waals surface area contributed by atoms with Gasteiger partial charge in [0.15, 0.2) is 0 Å². The highest BCUT2D eigenvalue weighted by molar-refractivity contribution is 6.42. The molecule has 26 heavy (non-hydrogen) atoms. The van der Waals surface area contributed by atoms with Crippen molar-refractivity contribution in [2.24, 2.45) is 0 Å². The average molecular weight is 396 g/mol. The van der Waals surface area contributed by atoms with E-state index < -0.39 is 17.6 Å². The molecule has 0 aromatic heterocycles. The fourth-order valence-corrected chi connectivity index (χ4v) is 2.29. The van der Waals surface area contributed by atoms with E-state index in [0.717, 1.165) is 10.6 Å². The van der Waals surface area contributed by atoms with Crippen LogP contribution < -0.4 is 0 Å². The highest BCUT2D eigenvalue weighted by atomic mass is 35.5. The van der Waals surface area contributed by atoms with Crippen LogP contribution in [0.2, 0.25) is 10.0 Å². The highest BCUT2D eigenvalue weighted by Gasteiger charge is 2.17. The molecule has 0 radical (unpaired) electrons. The predicted molar refractivity (Wildman–Crippen MR) is 96.6 cm³/mol. The third-order valence-electron chi connectivity index (χ3n) is 3.27. The van der Waals surface area contributed by atoms with Crippen molar-refractivity contribution in [3.05, 3.63) is 81.5 Å². The number of carboxylic acid groups (broad SMARTS) is 1. The Morgan fingerprint density at radius 1 is 1.00 bits per heavy atom. The van der Waals surface area contributed by atoms with Crippen LogP contribution in [0.5, 0.6) is 0 Å². The molecule has 0 saturated heterocycles. The van der Waals surface area contributed by atoms with Crippen molar-refractivity contribution in [3.63, 3.8) is 0 Å². The van der Waals surface area contributed by atoms with Crippen LogP contribution in [0.1, 0.15) is 11.1 Å². The third-order valence-corrected chi connectivity index (χ3v) is 4.00. The first-order valence-corrected chi connectivity index (χ1v) is 8.18. The highest BCUT2D eigenvalue weighted by Crippen LogP contribution is 2.23. The maximum absolute atomic E-state index is 12.3. The summed E-state index contributed by atoms with van der Waals surface area (Å²) in [4.78, 5) is 28.5. The van der Waals surface area contributed by atoms with E-state index in [-0.39, 0.29) is 13.2 Å². The fraction of sp³-hybridized carbons (Fsp3) is 0.111. The van der Waals surface area contributed by atoms with Gasteiger partial charge in [0.2, 0.25) is 5.76 Å². The molecule has 2 aromatic rings. The Hall–Kier alpha value is -2.54. The van der Waals surface area contributed by atoms with Crippen molar-refractivity contribution in [3.8, 4) is 0 Å². The lowest BCUT2D eigenvalue weighted by Crippen LogP contribution is -2.30. The van der Waals surface area contributed by atoms with Crippen molar-refractivity contribution in [1.82, 2.24) is 5.06 Å². The smallest absolute Gasteiger partial charge is 0.371 e. The van der Waals surface area contributed by atoms with Crippen molar-refractivity contribution < 1.29 is 24.6 Å². The molecule has 1 amide bonds. The van der Waals surface area contributed by atoms with Gasteiger partial charge >= 0.3 is 5.97 Å². The molecular weight excluding hydrogens is 381 g/mol. The topological polar surface area (TPSA) is 87.1 Å². The predicted octanol–water partition coefficient (Wildman–Crippen LogP) is 3.98. The molecule has 0 aliphatic rings. The molecule has 0 bridgehead atoms. The van der Waals surface area contributed by atoms with Crippen LogP contribution in [-0.4, -0.2) is 27.2 Å². The van der Waals surface area contributed by atoms with Crippen LogP contribution in [0.15, 0.2) is 60.4 Å². The molecule has 0 heterocycles. The van der Waals surface area contributed by atoms with Crippen LogP contribution in [0.4, 0.5) is 0 Å². The summed E-state index contributed by atoms with van der Waals surface area (Å²) < 4.78 is 0. The molecule has 2 aromatic carbocycles. The molecule has 8 heteroatoms. The van der Waals surface area contributed by atoms with E-state index in [4.69, 9.17) is 33.1 Å². The van der Waals surface area contributed by atoms with Gasteiger partial charge in [0.1, 0.15) is 6.61 Å². The standard InChI is InChI=1S/C18H15Cl2NO5/c19-14-7-6-13(8-15(14)20)10-21(17(23)9-16(22)18(24)25)26-11-12-4-2-1-3-5-12/h1-9,22H,10-11H2,(H,24,25)/b16-9-. The molecule has 0 spiro atoms. The monoisotopic (exact) mass is 395 g/mol. The Morgan fingerprint density at radius 3 is 2.31 bits per heavy atom. The van der Waals surface area contributed by atoms with E-state index >= 15 is 0 Å². The number of nitrogens with zero attached hydrogens (tertiary/aromatic N) is 1. The zero-order valence-corrected chi connectivity index (χ0v) is 14.9. The van der Waals surface area contributed by atoms with E-state index in [1.54, 1.807) is 18.2 Å². The normalized spacial score (nSPS) is 11.2. The molecule has 6 nitrogen and oxygen atoms in total. The summed E-state index contributed by atoms with van der Waals surface area (Å²) in [5.74, 6) is -3.53. The number of rotatable bonds is 7. The number of hydrogen-bond donors (Lipinski definition) is 2. The number of halogens is 2. The van der Waals surface area contributed by atoms with E-state index in [1.165, 1.54) is 0 Å². The van der Waals surface area contributed by atoms with Gasteiger partial charge in [-0.25, -0.2) is 9.86 Å². The van der Waals surface area contributed by atoms with Gasteiger partial charge in [-0.3, -0.25) is 9.63 Å². The van der Waals surface area contributed by atoms with Crippen molar-refractivity contribution in [2.75, 3.05) is 0 Å². The minimum Gasteiger partial charge on any atom is -0.502 e. The minimum absolute atomic E-state index is 0.0219. The second kappa shape index (κ2) is 9.24. The maximum Gasteiger partial charge on any atom is 0.371 e. The largest absolute Gasteiger partial charge is 0.502 e. The lowest BCUT2D eigenvalue weighted by molar-refractivity contribution is -0.190. The fourth-order valence-electron chi connectivity index (χ4n) is 1.97. The van der Waals surface area contributed by atoms with Gasteiger partial charge in [-0.15, -0.1) is 0 Å². The number of aliphatic hydroxyl groups excluding tert-OH is 1. The second-order valence-corrected chi connectivity index (χ2v) is 6.03. The van der Waals surface area contributed by atoms with E-state index in [0.29, 0.717) is 21.7 Å². The molecule has 0 fully saturated rings. The first-order chi connectivity index (χ1) is 12.4. The van der Waals surface area contributed by atoms with E-state index in [2.05, 4.69) is 0 Å². The number of amides is 1. The number of aliphatic carboxylic acids is 1. The summed E-state index contributed by atoms with van der Waals surface area (Å²) in [5, 5.41) is 19.6. The molecule has 0 aliphatic carbocycles. The summed E-state index contributed by atoms with van der Waals surface area (Å²) >= 11 is 11.8.